The van der Waals surface area contributed by atoms with Gasteiger partial charge in [-0.05, 0) is 37.6 Å². The van der Waals surface area contributed by atoms with Gasteiger partial charge in [0.2, 0.25) is 0 Å². The highest BCUT2D eigenvalue weighted by atomic mass is 79.9. The fourth-order valence-corrected chi connectivity index (χ4v) is 3.02. The minimum atomic E-state index is -0.314. The van der Waals surface area contributed by atoms with Crippen LogP contribution in [0.1, 0.15) is 22.8 Å². The van der Waals surface area contributed by atoms with Crippen LogP contribution >= 0.6 is 15.9 Å². The van der Waals surface area contributed by atoms with Gasteiger partial charge in [0.05, 0.1) is 6.10 Å². The number of rotatable bonds is 3. The molecule has 1 amide bonds. The Hall–Kier alpha value is -0.910. The van der Waals surface area contributed by atoms with E-state index in [2.05, 4.69) is 20.8 Å². The summed E-state index contributed by atoms with van der Waals surface area (Å²) in [5, 5.41) is 9.39. The first-order valence-corrected chi connectivity index (χ1v) is 7.72. The van der Waals surface area contributed by atoms with Gasteiger partial charge in [0.25, 0.3) is 5.91 Å². The molecular weight excluding hydrogens is 320 g/mol. The van der Waals surface area contributed by atoms with Crippen molar-refractivity contribution >= 4 is 21.8 Å². The molecule has 1 aromatic carbocycles. The molecule has 1 N–H and O–H groups in total. The monoisotopic (exact) mass is 340 g/mol. The van der Waals surface area contributed by atoms with Crippen LogP contribution in [0, 0.1) is 6.92 Å². The molecular formula is C15H21BrN2O2. The Morgan fingerprint density at radius 3 is 2.55 bits per heavy atom. The Labute approximate surface area is 128 Å². The third-order valence-electron chi connectivity index (χ3n) is 3.60. The molecule has 1 atom stereocenters. The number of aryl methyl sites for hydroxylation is 1. The molecule has 4 nitrogen and oxygen atoms in total. The van der Waals surface area contributed by atoms with Crippen LogP contribution in [0.2, 0.25) is 0 Å². The van der Waals surface area contributed by atoms with E-state index in [0.717, 1.165) is 41.8 Å². The molecule has 0 radical (unpaired) electrons. The highest BCUT2D eigenvalue weighted by Gasteiger charge is 2.23. The van der Waals surface area contributed by atoms with E-state index in [1.54, 1.807) is 6.92 Å². The number of hydrogen-bond donors (Lipinski definition) is 1. The molecule has 1 aliphatic rings. The molecule has 110 valence electrons. The van der Waals surface area contributed by atoms with E-state index >= 15 is 0 Å². The standard InChI is InChI=1S/C15H21BrN2O2/c1-11-9-13(16)3-4-14(11)15(20)18-7-5-17(6-8-18)10-12(2)19/h3-4,9,12,19H,5-8,10H2,1-2H3/t12-/m0/s1. The maximum absolute atomic E-state index is 12.5. The number of amides is 1. The van der Waals surface area contributed by atoms with Gasteiger partial charge in [0.1, 0.15) is 0 Å². The van der Waals surface area contributed by atoms with Crippen molar-refractivity contribution in [3.8, 4) is 0 Å². The number of β-amino-alcohol motifs (C(OH)–C–C–N with tert-alkyl or cyclic N) is 1. The van der Waals surface area contributed by atoms with Crippen LogP contribution in [0.15, 0.2) is 22.7 Å². The molecule has 0 saturated carbocycles. The van der Waals surface area contributed by atoms with Crippen molar-refractivity contribution in [1.29, 1.82) is 0 Å². The maximum Gasteiger partial charge on any atom is 0.254 e. The SMILES string of the molecule is Cc1cc(Br)ccc1C(=O)N1CCN(C[C@H](C)O)CC1. The van der Waals surface area contributed by atoms with Gasteiger partial charge in [-0.1, -0.05) is 15.9 Å². The van der Waals surface area contributed by atoms with Crippen molar-refractivity contribution in [1.82, 2.24) is 9.80 Å². The summed E-state index contributed by atoms with van der Waals surface area (Å²) in [4.78, 5) is 16.6. The van der Waals surface area contributed by atoms with Crippen molar-refractivity contribution in [3.63, 3.8) is 0 Å². The van der Waals surface area contributed by atoms with Gasteiger partial charge >= 0.3 is 0 Å². The first kappa shape index (κ1) is 15.5. The number of benzene rings is 1. The highest BCUT2D eigenvalue weighted by Crippen LogP contribution is 2.18. The van der Waals surface area contributed by atoms with Crippen LogP contribution in [-0.4, -0.2) is 59.6 Å². The second-order valence-electron chi connectivity index (χ2n) is 5.40. The fourth-order valence-electron chi connectivity index (χ4n) is 2.54. The Morgan fingerprint density at radius 2 is 2.00 bits per heavy atom. The van der Waals surface area contributed by atoms with Crippen LogP contribution in [0.3, 0.4) is 0 Å². The summed E-state index contributed by atoms with van der Waals surface area (Å²) < 4.78 is 0.994. The first-order valence-electron chi connectivity index (χ1n) is 6.93. The van der Waals surface area contributed by atoms with E-state index < -0.39 is 0 Å². The first-order chi connectivity index (χ1) is 9.47. The van der Waals surface area contributed by atoms with Crippen molar-refractivity contribution in [2.45, 2.75) is 20.0 Å². The lowest BCUT2D eigenvalue weighted by Gasteiger charge is -2.35. The predicted molar refractivity (Wildman–Crippen MR) is 82.9 cm³/mol. The number of aliphatic hydroxyl groups is 1. The third kappa shape index (κ3) is 3.81. The number of nitrogens with zero attached hydrogens (tertiary/aromatic N) is 2. The molecule has 0 bridgehead atoms. The Bertz CT molecular complexity index is 483. The van der Waals surface area contributed by atoms with Crippen LogP contribution in [-0.2, 0) is 0 Å². The van der Waals surface area contributed by atoms with Gasteiger partial charge in [-0.3, -0.25) is 9.69 Å². The molecule has 20 heavy (non-hydrogen) atoms. The van der Waals surface area contributed by atoms with Crippen molar-refractivity contribution in [2.75, 3.05) is 32.7 Å². The lowest BCUT2D eigenvalue weighted by molar-refractivity contribution is 0.0553. The second kappa shape index (κ2) is 6.70. The molecule has 1 saturated heterocycles. The predicted octanol–water partition coefficient (Wildman–Crippen LogP) is 1.90. The zero-order chi connectivity index (χ0) is 14.7. The number of halogens is 1. The van der Waals surface area contributed by atoms with E-state index in [1.165, 1.54) is 0 Å². The number of carbonyl (C=O) groups excluding carboxylic acids is 1. The average Bonchev–Trinajstić information content (AvgIpc) is 2.38. The summed E-state index contributed by atoms with van der Waals surface area (Å²) in [7, 11) is 0. The summed E-state index contributed by atoms with van der Waals surface area (Å²) in [6.45, 7) is 7.53. The molecule has 0 unspecified atom stereocenters. The van der Waals surface area contributed by atoms with Gasteiger partial charge in [0, 0.05) is 42.8 Å². The van der Waals surface area contributed by atoms with Crippen molar-refractivity contribution < 1.29 is 9.90 Å². The van der Waals surface area contributed by atoms with E-state index in [-0.39, 0.29) is 12.0 Å². The van der Waals surface area contributed by atoms with Gasteiger partial charge in [-0.25, -0.2) is 0 Å². The van der Waals surface area contributed by atoms with E-state index in [0.29, 0.717) is 6.54 Å². The van der Waals surface area contributed by atoms with Gasteiger partial charge in [0.15, 0.2) is 0 Å². The lowest BCUT2D eigenvalue weighted by Crippen LogP contribution is -2.50. The van der Waals surface area contributed by atoms with E-state index in [9.17, 15) is 9.90 Å². The Kier molecular flexibility index (Phi) is 5.18. The lowest BCUT2D eigenvalue weighted by atomic mass is 10.1. The van der Waals surface area contributed by atoms with Crippen molar-refractivity contribution in [3.05, 3.63) is 33.8 Å². The molecule has 5 heteroatoms. The van der Waals surface area contributed by atoms with Crippen LogP contribution < -0.4 is 0 Å². The topological polar surface area (TPSA) is 43.8 Å². The maximum atomic E-state index is 12.5. The number of hydrogen-bond acceptors (Lipinski definition) is 3. The summed E-state index contributed by atoms with van der Waals surface area (Å²) in [6, 6.07) is 5.75. The summed E-state index contributed by atoms with van der Waals surface area (Å²) in [5.74, 6) is 0.103. The fraction of sp³-hybridized carbons (Fsp3) is 0.533. The Balaban J connectivity index is 1.98. The molecule has 0 aliphatic carbocycles. The smallest absolute Gasteiger partial charge is 0.254 e. The molecule has 1 aliphatic heterocycles. The number of aliphatic hydroxyl groups excluding tert-OH is 1. The van der Waals surface area contributed by atoms with Crippen molar-refractivity contribution in [2.24, 2.45) is 0 Å². The Morgan fingerprint density at radius 1 is 1.35 bits per heavy atom. The molecule has 2 rings (SSSR count). The quantitative estimate of drug-likeness (QED) is 0.913. The number of carbonyl (C=O) groups is 1. The number of piperazine rings is 1. The zero-order valence-corrected chi connectivity index (χ0v) is 13.6. The molecule has 1 heterocycles. The summed E-state index contributed by atoms with van der Waals surface area (Å²) in [5.41, 5.74) is 1.77. The third-order valence-corrected chi connectivity index (χ3v) is 4.09. The minimum Gasteiger partial charge on any atom is -0.392 e. The highest BCUT2D eigenvalue weighted by molar-refractivity contribution is 9.10. The van der Waals surface area contributed by atoms with Crippen LogP contribution in [0.4, 0.5) is 0 Å². The van der Waals surface area contributed by atoms with E-state index in [4.69, 9.17) is 0 Å². The normalized spacial score (nSPS) is 18.1. The minimum absolute atomic E-state index is 0.103. The van der Waals surface area contributed by atoms with E-state index in [1.807, 2.05) is 30.0 Å². The molecule has 1 aromatic rings. The summed E-state index contributed by atoms with van der Waals surface area (Å²) in [6.07, 6.45) is -0.314. The molecule has 0 aromatic heterocycles. The summed E-state index contributed by atoms with van der Waals surface area (Å²) >= 11 is 3.42. The van der Waals surface area contributed by atoms with Crippen LogP contribution in [0.25, 0.3) is 0 Å². The van der Waals surface area contributed by atoms with Gasteiger partial charge < -0.3 is 10.0 Å². The largest absolute Gasteiger partial charge is 0.392 e. The molecule has 0 spiro atoms. The van der Waals surface area contributed by atoms with Gasteiger partial charge in [-0.15, -0.1) is 0 Å². The van der Waals surface area contributed by atoms with Crippen LogP contribution in [0.5, 0.6) is 0 Å². The van der Waals surface area contributed by atoms with Gasteiger partial charge in [-0.2, -0.15) is 0 Å². The molecule has 1 fully saturated rings. The zero-order valence-electron chi connectivity index (χ0n) is 12.0. The average molecular weight is 341 g/mol. The second-order valence-corrected chi connectivity index (χ2v) is 6.32.